The molecular weight excluding hydrogens is 262 g/mol. The van der Waals surface area contributed by atoms with Crippen molar-refractivity contribution < 1.29 is 0 Å². The summed E-state index contributed by atoms with van der Waals surface area (Å²) in [6.07, 6.45) is 3.47. The van der Waals surface area contributed by atoms with Crippen molar-refractivity contribution in [2.45, 2.75) is 60.0 Å². The van der Waals surface area contributed by atoms with E-state index in [2.05, 4.69) is 43.0 Å². The Hall–Kier alpha value is -1.75. The zero-order valence-electron chi connectivity index (χ0n) is 13.6. The lowest BCUT2D eigenvalue weighted by Gasteiger charge is -2.10. The minimum atomic E-state index is 0.462. The molecule has 0 unspecified atom stereocenters. The van der Waals surface area contributed by atoms with E-state index in [0.29, 0.717) is 6.04 Å². The Kier molecular flexibility index (Phi) is 5.07. The molecule has 0 amide bonds. The fourth-order valence-electron chi connectivity index (χ4n) is 2.44. The third kappa shape index (κ3) is 3.47. The maximum atomic E-state index is 4.78. The molecule has 114 valence electrons. The van der Waals surface area contributed by atoms with E-state index in [0.717, 1.165) is 36.6 Å². The fraction of sp³-hybridized carbons (Fsp3) is 0.562. The van der Waals surface area contributed by atoms with Crippen LogP contribution < -0.4 is 5.32 Å². The average Bonchev–Trinajstić information content (AvgIpc) is 2.82. The zero-order valence-corrected chi connectivity index (χ0v) is 13.6. The molecule has 2 aromatic heterocycles. The molecule has 1 N–H and O–H groups in total. The normalized spacial score (nSPS) is 11.3. The summed E-state index contributed by atoms with van der Waals surface area (Å²) in [5, 5.41) is 8.28. The van der Waals surface area contributed by atoms with Crippen molar-refractivity contribution in [1.82, 2.24) is 25.1 Å². The van der Waals surface area contributed by atoms with Gasteiger partial charge in [-0.3, -0.25) is 0 Å². The van der Waals surface area contributed by atoms with Gasteiger partial charge in [-0.05, 0) is 19.8 Å². The summed E-state index contributed by atoms with van der Waals surface area (Å²) in [6, 6.07) is 2.44. The highest BCUT2D eigenvalue weighted by Crippen LogP contribution is 2.19. The summed E-state index contributed by atoms with van der Waals surface area (Å²) in [6.45, 7) is 11.5. The van der Waals surface area contributed by atoms with Gasteiger partial charge in [0.05, 0.1) is 11.4 Å². The minimum Gasteiger partial charge on any atom is -0.310 e. The van der Waals surface area contributed by atoms with Gasteiger partial charge < -0.3 is 5.32 Å². The van der Waals surface area contributed by atoms with Crippen molar-refractivity contribution in [1.29, 1.82) is 0 Å². The predicted octanol–water partition coefficient (Wildman–Crippen LogP) is 2.59. The topological polar surface area (TPSA) is 55.6 Å². The molecule has 0 aliphatic carbocycles. The van der Waals surface area contributed by atoms with E-state index in [1.807, 2.05) is 17.7 Å². The highest BCUT2D eigenvalue weighted by atomic mass is 15.3. The maximum absolute atomic E-state index is 4.78. The molecule has 0 spiro atoms. The monoisotopic (exact) mass is 287 g/mol. The van der Waals surface area contributed by atoms with Gasteiger partial charge >= 0.3 is 0 Å². The van der Waals surface area contributed by atoms with E-state index in [4.69, 9.17) is 5.10 Å². The highest BCUT2D eigenvalue weighted by Gasteiger charge is 2.17. The van der Waals surface area contributed by atoms with Gasteiger partial charge in [-0.2, -0.15) is 5.10 Å². The maximum Gasteiger partial charge on any atom is 0.157 e. The molecule has 0 aromatic carbocycles. The molecule has 0 radical (unpaired) electrons. The van der Waals surface area contributed by atoms with E-state index in [1.54, 1.807) is 6.33 Å². The van der Waals surface area contributed by atoms with Gasteiger partial charge in [0.1, 0.15) is 6.33 Å². The van der Waals surface area contributed by atoms with Crippen molar-refractivity contribution in [3.63, 3.8) is 0 Å². The van der Waals surface area contributed by atoms with Crippen LogP contribution in [0.15, 0.2) is 12.4 Å². The summed E-state index contributed by atoms with van der Waals surface area (Å²) < 4.78 is 1.98. The van der Waals surface area contributed by atoms with Crippen LogP contribution in [0.4, 0.5) is 0 Å². The second-order valence-corrected chi connectivity index (χ2v) is 5.54. The first-order valence-corrected chi connectivity index (χ1v) is 7.68. The number of hydrogen-bond donors (Lipinski definition) is 1. The van der Waals surface area contributed by atoms with Gasteiger partial charge in [0, 0.05) is 29.9 Å². The smallest absolute Gasteiger partial charge is 0.157 e. The van der Waals surface area contributed by atoms with Gasteiger partial charge in [-0.15, -0.1) is 0 Å². The van der Waals surface area contributed by atoms with E-state index >= 15 is 0 Å². The number of nitrogens with one attached hydrogen (secondary N) is 1. The van der Waals surface area contributed by atoms with E-state index < -0.39 is 0 Å². The summed E-state index contributed by atoms with van der Waals surface area (Å²) in [5.41, 5.74) is 4.65. The Morgan fingerprint density at radius 1 is 1.19 bits per heavy atom. The highest BCUT2D eigenvalue weighted by molar-refractivity contribution is 5.34. The number of aryl methyl sites for hydroxylation is 2. The molecule has 0 bridgehead atoms. The second kappa shape index (κ2) is 6.80. The van der Waals surface area contributed by atoms with Crippen molar-refractivity contribution in [3.05, 3.63) is 35.0 Å². The first kappa shape index (κ1) is 15.6. The van der Waals surface area contributed by atoms with Crippen LogP contribution in [0.1, 0.15) is 50.3 Å². The number of nitrogens with zero attached hydrogens (tertiary/aromatic N) is 4. The summed E-state index contributed by atoms with van der Waals surface area (Å²) in [4.78, 5) is 8.54. The molecular formula is C16H25N5. The largest absolute Gasteiger partial charge is 0.310 e. The fourth-order valence-corrected chi connectivity index (χ4v) is 2.44. The van der Waals surface area contributed by atoms with Crippen LogP contribution in [0.25, 0.3) is 5.82 Å². The van der Waals surface area contributed by atoms with Crippen LogP contribution in [0, 0.1) is 6.92 Å². The number of hydrogen-bond acceptors (Lipinski definition) is 4. The molecule has 0 saturated carbocycles. The van der Waals surface area contributed by atoms with E-state index in [9.17, 15) is 0 Å². The SMILES string of the molecule is CCc1nn(-c2cc(C)ncn2)c(CC)c1CNC(C)C. The van der Waals surface area contributed by atoms with Gasteiger partial charge in [0.2, 0.25) is 0 Å². The van der Waals surface area contributed by atoms with Crippen LogP contribution >= 0.6 is 0 Å². The standard InChI is InChI=1S/C16H25N5/c1-6-14-13(9-17-11(3)4)15(7-2)21(20-14)16-8-12(5)18-10-19-16/h8,10-11,17H,6-7,9H2,1-5H3. The third-order valence-corrected chi connectivity index (χ3v) is 3.54. The molecule has 2 aromatic rings. The third-order valence-electron chi connectivity index (χ3n) is 3.54. The molecule has 0 atom stereocenters. The quantitative estimate of drug-likeness (QED) is 0.887. The molecule has 5 heteroatoms. The van der Waals surface area contributed by atoms with Gasteiger partial charge in [0.15, 0.2) is 5.82 Å². The average molecular weight is 287 g/mol. The van der Waals surface area contributed by atoms with Gasteiger partial charge in [-0.25, -0.2) is 14.6 Å². The van der Waals surface area contributed by atoms with Crippen LogP contribution in [-0.2, 0) is 19.4 Å². The Labute approximate surface area is 126 Å². The Morgan fingerprint density at radius 3 is 2.52 bits per heavy atom. The van der Waals surface area contributed by atoms with Crippen LogP contribution in [0.5, 0.6) is 0 Å². The second-order valence-electron chi connectivity index (χ2n) is 5.54. The summed E-state index contributed by atoms with van der Waals surface area (Å²) in [5.74, 6) is 0.852. The predicted molar refractivity (Wildman–Crippen MR) is 84.6 cm³/mol. The van der Waals surface area contributed by atoms with Crippen molar-refractivity contribution in [2.75, 3.05) is 0 Å². The lowest BCUT2D eigenvalue weighted by Crippen LogP contribution is -2.23. The number of aromatic nitrogens is 4. The van der Waals surface area contributed by atoms with Crippen molar-refractivity contribution in [3.8, 4) is 5.82 Å². The molecule has 5 nitrogen and oxygen atoms in total. The van der Waals surface area contributed by atoms with Crippen LogP contribution in [0.2, 0.25) is 0 Å². The first-order chi connectivity index (χ1) is 10.1. The molecule has 2 rings (SSSR count). The Morgan fingerprint density at radius 2 is 1.95 bits per heavy atom. The minimum absolute atomic E-state index is 0.462. The molecule has 21 heavy (non-hydrogen) atoms. The van der Waals surface area contributed by atoms with E-state index in [-0.39, 0.29) is 0 Å². The zero-order chi connectivity index (χ0) is 15.4. The van der Waals surface area contributed by atoms with Crippen molar-refractivity contribution in [2.24, 2.45) is 0 Å². The summed E-state index contributed by atoms with van der Waals surface area (Å²) >= 11 is 0. The molecule has 2 heterocycles. The van der Waals surface area contributed by atoms with Crippen LogP contribution in [0.3, 0.4) is 0 Å². The molecule has 0 aliphatic rings. The Bertz CT molecular complexity index is 601. The molecule has 0 saturated heterocycles. The van der Waals surface area contributed by atoms with Gasteiger partial charge in [0.25, 0.3) is 0 Å². The van der Waals surface area contributed by atoms with E-state index in [1.165, 1.54) is 11.3 Å². The summed E-state index contributed by atoms with van der Waals surface area (Å²) in [7, 11) is 0. The molecule has 0 aliphatic heterocycles. The number of rotatable bonds is 6. The molecule has 0 fully saturated rings. The van der Waals surface area contributed by atoms with Crippen LogP contribution in [-0.4, -0.2) is 25.8 Å². The lowest BCUT2D eigenvalue weighted by atomic mass is 10.1. The Balaban J connectivity index is 2.47. The first-order valence-electron chi connectivity index (χ1n) is 7.68. The van der Waals surface area contributed by atoms with Crippen molar-refractivity contribution >= 4 is 0 Å². The lowest BCUT2D eigenvalue weighted by molar-refractivity contribution is 0.584. The van der Waals surface area contributed by atoms with Gasteiger partial charge in [-0.1, -0.05) is 27.7 Å².